The Balaban J connectivity index is 3.18. The van der Waals surface area contributed by atoms with Gasteiger partial charge >= 0.3 is 0 Å². The lowest BCUT2D eigenvalue weighted by molar-refractivity contribution is 0.249. The number of rotatable bonds is 8. The largest absolute Gasteiger partial charge is 0.500 e. The summed E-state index contributed by atoms with van der Waals surface area (Å²) in [7, 11) is 0. The molecule has 14 heavy (non-hydrogen) atoms. The highest BCUT2D eigenvalue weighted by Gasteiger charge is 1.82. The maximum absolute atomic E-state index is 5.24. The second-order valence-corrected chi connectivity index (χ2v) is 2.86. The van der Waals surface area contributed by atoms with E-state index in [9.17, 15) is 0 Å². The van der Waals surface area contributed by atoms with E-state index < -0.39 is 0 Å². The van der Waals surface area contributed by atoms with Gasteiger partial charge in [-0.15, -0.1) is 0 Å². The molecule has 0 spiro atoms. The van der Waals surface area contributed by atoms with Gasteiger partial charge in [0.1, 0.15) is 0 Å². The quantitative estimate of drug-likeness (QED) is 0.365. The highest BCUT2D eigenvalue weighted by atomic mass is 16.5. The lowest BCUT2D eigenvalue weighted by Crippen LogP contribution is -2.19. The zero-order valence-electron chi connectivity index (χ0n) is 9.20. The van der Waals surface area contributed by atoms with Gasteiger partial charge in [0, 0.05) is 6.54 Å². The molecule has 0 rings (SSSR count). The predicted octanol–water partition coefficient (Wildman–Crippen LogP) is 2.65. The second-order valence-electron chi connectivity index (χ2n) is 2.86. The summed E-state index contributed by atoms with van der Waals surface area (Å²) in [4.78, 5) is 0. The van der Waals surface area contributed by atoms with Gasteiger partial charge in [0.15, 0.2) is 0 Å². The standard InChI is InChI=1S/C12H21NO/c1-3-5-6-7-8-11-14-12-10-13-9-4-2/h3,5-8,11,13H,4,9-10,12H2,1-2H3/b5-3-,7-6-,11-8+. The van der Waals surface area contributed by atoms with Crippen molar-refractivity contribution in [3.8, 4) is 0 Å². The summed E-state index contributed by atoms with van der Waals surface area (Å²) in [6, 6.07) is 0. The lowest BCUT2D eigenvalue weighted by atomic mass is 10.4. The molecule has 0 heterocycles. The Morgan fingerprint density at radius 2 is 1.86 bits per heavy atom. The SMILES string of the molecule is C\C=C/C=C\C=C\OCCNCCC. The lowest BCUT2D eigenvalue weighted by Gasteiger charge is -2.01. The van der Waals surface area contributed by atoms with Crippen molar-refractivity contribution in [1.29, 1.82) is 0 Å². The van der Waals surface area contributed by atoms with Gasteiger partial charge in [0.2, 0.25) is 0 Å². The predicted molar refractivity (Wildman–Crippen MR) is 62.2 cm³/mol. The molecule has 0 saturated heterocycles. The molecule has 0 aliphatic carbocycles. The summed E-state index contributed by atoms with van der Waals surface area (Å²) in [5.41, 5.74) is 0. The molecule has 1 N–H and O–H groups in total. The molecule has 0 aromatic heterocycles. The zero-order chi connectivity index (χ0) is 10.5. The topological polar surface area (TPSA) is 21.3 Å². The molecular weight excluding hydrogens is 174 g/mol. The second kappa shape index (κ2) is 12.0. The Labute approximate surface area is 87.3 Å². The summed E-state index contributed by atoms with van der Waals surface area (Å²) in [5, 5.41) is 3.26. The Morgan fingerprint density at radius 1 is 1.07 bits per heavy atom. The fourth-order valence-electron chi connectivity index (χ4n) is 0.841. The van der Waals surface area contributed by atoms with E-state index in [2.05, 4.69) is 12.2 Å². The Morgan fingerprint density at radius 3 is 2.57 bits per heavy atom. The Kier molecular flexibility index (Phi) is 11.1. The third-order valence-corrected chi connectivity index (χ3v) is 1.52. The monoisotopic (exact) mass is 195 g/mol. The van der Waals surface area contributed by atoms with Crippen LogP contribution in [0.15, 0.2) is 36.6 Å². The van der Waals surface area contributed by atoms with Gasteiger partial charge < -0.3 is 10.1 Å². The Hall–Kier alpha value is -1.02. The number of hydrogen-bond donors (Lipinski definition) is 1. The van der Waals surface area contributed by atoms with E-state index in [0.717, 1.165) is 19.7 Å². The summed E-state index contributed by atoms with van der Waals surface area (Å²) in [6.45, 7) is 6.85. The molecule has 0 fully saturated rings. The van der Waals surface area contributed by atoms with Crippen LogP contribution in [-0.2, 0) is 4.74 Å². The normalized spacial score (nSPS) is 12.1. The number of allylic oxidation sites excluding steroid dienone is 5. The van der Waals surface area contributed by atoms with Crippen LogP contribution in [0, 0.1) is 0 Å². The van der Waals surface area contributed by atoms with E-state index in [4.69, 9.17) is 4.74 Å². The van der Waals surface area contributed by atoms with Gasteiger partial charge in [0.25, 0.3) is 0 Å². The molecule has 0 unspecified atom stereocenters. The van der Waals surface area contributed by atoms with Crippen molar-refractivity contribution >= 4 is 0 Å². The minimum absolute atomic E-state index is 0.730. The maximum atomic E-state index is 5.24. The van der Waals surface area contributed by atoms with E-state index >= 15 is 0 Å². The number of nitrogens with one attached hydrogen (secondary N) is 1. The fourth-order valence-corrected chi connectivity index (χ4v) is 0.841. The highest BCUT2D eigenvalue weighted by Crippen LogP contribution is 1.81. The van der Waals surface area contributed by atoms with E-state index in [0.29, 0.717) is 0 Å². The van der Waals surface area contributed by atoms with Gasteiger partial charge in [-0.25, -0.2) is 0 Å². The molecule has 0 saturated carbocycles. The molecule has 0 aromatic carbocycles. The van der Waals surface area contributed by atoms with Gasteiger partial charge in [-0.2, -0.15) is 0 Å². The third-order valence-electron chi connectivity index (χ3n) is 1.52. The average molecular weight is 195 g/mol. The molecule has 2 nitrogen and oxygen atoms in total. The van der Waals surface area contributed by atoms with Crippen molar-refractivity contribution in [2.75, 3.05) is 19.7 Å². The van der Waals surface area contributed by atoms with E-state index in [1.165, 1.54) is 6.42 Å². The first kappa shape index (κ1) is 13.0. The van der Waals surface area contributed by atoms with Crippen LogP contribution < -0.4 is 5.32 Å². The van der Waals surface area contributed by atoms with Crippen LogP contribution in [0.4, 0.5) is 0 Å². The molecule has 0 bridgehead atoms. The van der Waals surface area contributed by atoms with Crippen LogP contribution >= 0.6 is 0 Å². The molecule has 80 valence electrons. The number of ether oxygens (including phenoxy) is 1. The molecular formula is C12H21NO. The van der Waals surface area contributed by atoms with Crippen LogP contribution in [0.5, 0.6) is 0 Å². The summed E-state index contributed by atoms with van der Waals surface area (Å²) >= 11 is 0. The molecule has 0 radical (unpaired) electrons. The third kappa shape index (κ3) is 11.0. The van der Waals surface area contributed by atoms with E-state index in [-0.39, 0.29) is 0 Å². The van der Waals surface area contributed by atoms with Crippen molar-refractivity contribution in [2.24, 2.45) is 0 Å². The van der Waals surface area contributed by atoms with Gasteiger partial charge in [0.05, 0.1) is 12.9 Å². The minimum Gasteiger partial charge on any atom is -0.500 e. The van der Waals surface area contributed by atoms with Crippen LogP contribution in [0.2, 0.25) is 0 Å². The number of hydrogen-bond acceptors (Lipinski definition) is 2. The van der Waals surface area contributed by atoms with Crippen molar-refractivity contribution in [1.82, 2.24) is 5.32 Å². The van der Waals surface area contributed by atoms with Gasteiger partial charge in [-0.1, -0.05) is 31.2 Å². The van der Waals surface area contributed by atoms with E-state index in [1.54, 1.807) is 6.26 Å². The maximum Gasteiger partial charge on any atom is 0.0997 e. The fraction of sp³-hybridized carbons (Fsp3) is 0.500. The molecule has 0 aromatic rings. The molecule has 0 aliphatic rings. The smallest absolute Gasteiger partial charge is 0.0997 e. The molecule has 0 atom stereocenters. The van der Waals surface area contributed by atoms with Crippen LogP contribution in [-0.4, -0.2) is 19.7 Å². The van der Waals surface area contributed by atoms with Gasteiger partial charge in [-0.3, -0.25) is 0 Å². The molecule has 0 amide bonds. The summed E-state index contributed by atoms with van der Waals surface area (Å²) in [5.74, 6) is 0. The minimum atomic E-state index is 0.730. The Bertz CT molecular complexity index is 183. The van der Waals surface area contributed by atoms with Crippen LogP contribution in [0.1, 0.15) is 20.3 Å². The summed E-state index contributed by atoms with van der Waals surface area (Å²) < 4.78 is 5.24. The summed E-state index contributed by atoms with van der Waals surface area (Å²) in [6.07, 6.45) is 12.6. The highest BCUT2D eigenvalue weighted by molar-refractivity contribution is 5.09. The van der Waals surface area contributed by atoms with Gasteiger partial charge in [-0.05, 0) is 26.0 Å². The van der Waals surface area contributed by atoms with Crippen molar-refractivity contribution in [3.05, 3.63) is 36.6 Å². The average Bonchev–Trinajstić information content (AvgIpc) is 2.21. The molecule has 2 heteroatoms. The van der Waals surface area contributed by atoms with E-state index in [1.807, 2.05) is 37.3 Å². The van der Waals surface area contributed by atoms with Crippen molar-refractivity contribution in [3.63, 3.8) is 0 Å². The zero-order valence-corrected chi connectivity index (χ0v) is 9.20. The van der Waals surface area contributed by atoms with Crippen molar-refractivity contribution < 1.29 is 4.74 Å². The first-order valence-corrected chi connectivity index (χ1v) is 5.18. The van der Waals surface area contributed by atoms with Crippen molar-refractivity contribution in [2.45, 2.75) is 20.3 Å². The molecule has 0 aliphatic heterocycles. The first-order valence-electron chi connectivity index (χ1n) is 5.18. The van der Waals surface area contributed by atoms with Crippen LogP contribution in [0.25, 0.3) is 0 Å². The first-order chi connectivity index (χ1) is 6.91. The van der Waals surface area contributed by atoms with Crippen LogP contribution in [0.3, 0.4) is 0 Å².